The number of aryl methyl sites for hydroxylation is 1. The molecule has 0 fully saturated rings. The molecule has 0 atom stereocenters. The number of nitrogens with one attached hydrogen (secondary N) is 1. The molecule has 0 spiro atoms. The van der Waals surface area contributed by atoms with Crippen LogP contribution in [0.2, 0.25) is 0 Å². The van der Waals surface area contributed by atoms with Crippen molar-refractivity contribution >= 4 is 21.9 Å². The number of hydrogen-bond acceptors (Lipinski definition) is 5. The number of nitrogens with zero attached hydrogens (tertiary/aromatic N) is 2. The number of aromatic nitrogens is 2. The third-order valence-corrected chi connectivity index (χ3v) is 3.01. The van der Waals surface area contributed by atoms with Gasteiger partial charge in [0.2, 0.25) is 11.8 Å². The molecular weight excluding hydrogens is 310 g/mol. The van der Waals surface area contributed by atoms with Crippen LogP contribution in [0.4, 0.5) is 5.95 Å². The van der Waals surface area contributed by atoms with Gasteiger partial charge in [-0.05, 0) is 40.5 Å². The largest absolute Gasteiger partial charge is 0.493 e. The molecule has 0 amide bonds. The Morgan fingerprint density at radius 3 is 2.74 bits per heavy atom. The second-order valence-corrected chi connectivity index (χ2v) is 4.71. The Bertz CT molecular complexity index is 590. The molecule has 0 radical (unpaired) electrons. The summed E-state index contributed by atoms with van der Waals surface area (Å²) < 4.78 is 11.7. The summed E-state index contributed by atoms with van der Waals surface area (Å²) in [7, 11) is 3.36. The van der Waals surface area contributed by atoms with Crippen molar-refractivity contribution in [2.75, 3.05) is 19.5 Å². The van der Waals surface area contributed by atoms with E-state index in [-0.39, 0.29) is 0 Å². The number of rotatable bonds is 4. The lowest BCUT2D eigenvalue weighted by molar-refractivity contribution is 0.373. The van der Waals surface area contributed by atoms with E-state index in [1.54, 1.807) is 20.4 Å². The predicted octanol–water partition coefficient (Wildman–Crippen LogP) is 3.39. The van der Waals surface area contributed by atoms with Crippen LogP contribution in [0.25, 0.3) is 0 Å². The van der Waals surface area contributed by atoms with Crippen LogP contribution < -0.4 is 14.8 Å². The van der Waals surface area contributed by atoms with Crippen molar-refractivity contribution in [3.05, 3.63) is 34.4 Å². The van der Waals surface area contributed by atoms with Crippen molar-refractivity contribution in [2.45, 2.75) is 6.92 Å². The minimum atomic E-state index is 0.432. The van der Waals surface area contributed by atoms with Gasteiger partial charge in [0, 0.05) is 7.05 Å². The second-order valence-electron chi connectivity index (χ2n) is 3.85. The van der Waals surface area contributed by atoms with Crippen LogP contribution >= 0.6 is 15.9 Å². The Morgan fingerprint density at radius 1 is 1.26 bits per heavy atom. The zero-order valence-electron chi connectivity index (χ0n) is 10.9. The average Bonchev–Trinajstić information content (AvgIpc) is 2.43. The molecule has 1 aromatic carbocycles. The van der Waals surface area contributed by atoms with E-state index in [2.05, 4.69) is 31.2 Å². The molecule has 5 nitrogen and oxygen atoms in total. The maximum Gasteiger partial charge on any atom is 0.238 e. The molecule has 0 bridgehead atoms. The fourth-order valence-corrected chi connectivity index (χ4v) is 1.78. The van der Waals surface area contributed by atoms with E-state index in [0.29, 0.717) is 27.8 Å². The molecule has 0 aliphatic carbocycles. The Kier molecular flexibility index (Phi) is 4.21. The van der Waals surface area contributed by atoms with Gasteiger partial charge in [-0.3, -0.25) is 0 Å². The number of hydrogen-bond donors (Lipinski definition) is 1. The summed E-state index contributed by atoms with van der Waals surface area (Å²) in [5, 5.41) is 2.86. The summed E-state index contributed by atoms with van der Waals surface area (Å²) in [5.74, 6) is 2.19. The number of benzene rings is 1. The van der Waals surface area contributed by atoms with Crippen molar-refractivity contribution in [3.63, 3.8) is 0 Å². The van der Waals surface area contributed by atoms with Gasteiger partial charge in [-0.1, -0.05) is 6.07 Å². The zero-order chi connectivity index (χ0) is 13.8. The minimum Gasteiger partial charge on any atom is -0.493 e. The van der Waals surface area contributed by atoms with Crippen LogP contribution in [0.1, 0.15) is 5.56 Å². The minimum absolute atomic E-state index is 0.432. The summed E-state index contributed by atoms with van der Waals surface area (Å²) in [5.41, 5.74) is 1.10. The van der Waals surface area contributed by atoms with Crippen molar-refractivity contribution in [3.8, 4) is 17.4 Å². The molecule has 0 unspecified atom stereocenters. The Labute approximate surface area is 120 Å². The highest BCUT2D eigenvalue weighted by atomic mass is 79.9. The highest BCUT2D eigenvalue weighted by Crippen LogP contribution is 2.34. The van der Waals surface area contributed by atoms with Crippen LogP contribution in [0.15, 0.2) is 28.9 Å². The third-order valence-electron chi connectivity index (χ3n) is 2.46. The molecule has 1 heterocycles. The van der Waals surface area contributed by atoms with E-state index < -0.39 is 0 Å². The highest BCUT2D eigenvalue weighted by Gasteiger charge is 2.11. The number of halogens is 1. The lowest BCUT2D eigenvalue weighted by Crippen LogP contribution is -1.99. The summed E-state index contributed by atoms with van der Waals surface area (Å²) >= 11 is 3.36. The fourth-order valence-electron chi connectivity index (χ4n) is 1.51. The molecule has 0 saturated heterocycles. The first-order valence-electron chi connectivity index (χ1n) is 5.67. The predicted molar refractivity (Wildman–Crippen MR) is 77.1 cm³/mol. The molecule has 1 N–H and O–H groups in total. The molecule has 2 rings (SSSR count). The summed E-state index contributed by atoms with van der Waals surface area (Å²) in [4.78, 5) is 8.31. The van der Waals surface area contributed by atoms with Gasteiger partial charge in [0.1, 0.15) is 0 Å². The van der Waals surface area contributed by atoms with Crippen LogP contribution in [-0.2, 0) is 0 Å². The third kappa shape index (κ3) is 3.14. The maximum absolute atomic E-state index is 5.77. The summed E-state index contributed by atoms with van der Waals surface area (Å²) in [6, 6.07) is 5.71. The quantitative estimate of drug-likeness (QED) is 0.934. The van der Waals surface area contributed by atoms with Crippen molar-refractivity contribution in [2.24, 2.45) is 0 Å². The first-order valence-corrected chi connectivity index (χ1v) is 6.46. The highest BCUT2D eigenvalue weighted by molar-refractivity contribution is 9.10. The van der Waals surface area contributed by atoms with E-state index in [9.17, 15) is 0 Å². The molecule has 6 heteroatoms. The summed E-state index contributed by atoms with van der Waals surface area (Å²) in [6.45, 7) is 1.99. The van der Waals surface area contributed by atoms with Gasteiger partial charge in [0.05, 0.1) is 17.8 Å². The van der Waals surface area contributed by atoms with Crippen LogP contribution in [0.3, 0.4) is 0 Å². The van der Waals surface area contributed by atoms with Crippen LogP contribution in [0, 0.1) is 6.92 Å². The Balaban J connectivity index is 2.35. The van der Waals surface area contributed by atoms with Gasteiger partial charge in [0.15, 0.2) is 11.5 Å². The Morgan fingerprint density at radius 2 is 2.05 bits per heavy atom. The smallest absolute Gasteiger partial charge is 0.238 e. The first-order chi connectivity index (χ1) is 9.13. The van der Waals surface area contributed by atoms with E-state index in [1.165, 1.54) is 0 Å². The van der Waals surface area contributed by atoms with Crippen LogP contribution in [-0.4, -0.2) is 24.1 Å². The van der Waals surface area contributed by atoms with Gasteiger partial charge in [-0.2, -0.15) is 4.98 Å². The molecule has 19 heavy (non-hydrogen) atoms. The zero-order valence-corrected chi connectivity index (χ0v) is 12.5. The molecule has 0 saturated carbocycles. The maximum atomic E-state index is 5.77. The van der Waals surface area contributed by atoms with Gasteiger partial charge in [-0.25, -0.2) is 4.98 Å². The first kappa shape index (κ1) is 13.6. The SMILES string of the molecule is CNc1ncc(Br)c(Oc2ccc(C)cc2OC)n1. The molecule has 100 valence electrons. The van der Waals surface area contributed by atoms with Crippen LogP contribution in [0.5, 0.6) is 17.4 Å². The van der Waals surface area contributed by atoms with E-state index in [1.807, 2.05) is 25.1 Å². The van der Waals surface area contributed by atoms with Crippen molar-refractivity contribution < 1.29 is 9.47 Å². The van der Waals surface area contributed by atoms with Crippen molar-refractivity contribution in [1.82, 2.24) is 9.97 Å². The number of methoxy groups -OCH3 is 1. The Hall–Kier alpha value is -1.82. The molecule has 0 aliphatic heterocycles. The monoisotopic (exact) mass is 323 g/mol. The van der Waals surface area contributed by atoms with Crippen molar-refractivity contribution in [1.29, 1.82) is 0 Å². The normalized spacial score (nSPS) is 10.1. The fraction of sp³-hybridized carbons (Fsp3) is 0.231. The van der Waals surface area contributed by atoms with E-state index >= 15 is 0 Å². The molecule has 2 aromatic rings. The lowest BCUT2D eigenvalue weighted by Gasteiger charge is -2.11. The van der Waals surface area contributed by atoms with Gasteiger partial charge in [0.25, 0.3) is 0 Å². The van der Waals surface area contributed by atoms with E-state index in [0.717, 1.165) is 5.56 Å². The topological polar surface area (TPSA) is 56.3 Å². The molecular formula is C13H14BrN3O2. The van der Waals surface area contributed by atoms with E-state index in [4.69, 9.17) is 9.47 Å². The lowest BCUT2D eigenvalue weighted by atomic mass is 10.2. The van der Waals surface area contributed by atoms with Gasteiger partial charge >= 0.3 is 0 Å². The summed E-state index contributed by atoms with van der Waals surface area (Å²) in [6.07, 6.45) is 1.63. The van der Waals surface area contributed by atoms with Gasteiger partial charge in [-0.15, -0.1) is 0 Å². The second kappa shape index (κ2) is 5.88. The molecule has 0 aliphatic rings. The number of anilines is 1. The number of ether oxygens (including phenoxy) is 2. The molecule has 1 aromatic heterocycles. The average molecular weight is 324 g/mol. The van der Waals surface area contributed by atoms with Gasteiger partial charge < -0.3 is 14.8 Å². The standard InChI is InChI=1S/C13H14BrN3O2/c1-8-4-5-10(11(6-8)18-3)19-12-9(14)7-16-13(15-2)17-12/h4-7H,1-3H3,(H,15,16,17).